The van der Waals surface area contributed by atoms with Crippen LogP contribution in [0.25, 0.3) is 0 Å². The maximum absolute atomic E-state index is 13.0. The van der Waals surface area contributed by atoms with E-state index in [2.05, 4.69) is 9.71 Å². The third-order valence-electron chi connectivity index (χ3n) is 2.60. The molecule has 1 aromatic carbocycles. The molecule has 1 aromatic heterocycles. The first-order valence-corrected chi connectivity index (χ1v) is 7.68. The largest absolute Gasteiger partial charge is 0.336 e. The van der Waals surface area contributed by atoms with Gasteiger partial charge in [-0.3, -0.25) is 0 Å². The predicted molar refractivity (Wildman–Crippen MR) is 73.4 cm³/mol. The number of aromatic nitrogens is 2. The summed E-state index contributed by atoms with van der Waals surface area (Å²) in [5.74, 6) is -0.655. The van der Waals surface area contributed by atoms with E-state index >= 15 is 0 Å². The molecule has 108 valence electrons. The van der Waals surface area contributed by atoms with Gasteiger partial charge in [-0.05, 0) is 25.1 Å². The van der Waals surface area contributed by atoms with Gasteiger partial charge in [0.05, 0.1) is 16.2 Å². The molecule has 0 spiro atoms. The minimum atomic E-state index is -3.74. The smallest absolute Gasteiger partial charge is 0.240 e. The zero-order chi connectivity index (χ0) is 14.8. The van der Waals surface area contributed by atoms with Crippen molar-refractivity contribution in [3.8, 4) is 0 Å². The fourth-order valence-electron chi connectivity index (χ4n) is 1.73. The highest BCUT2D eigenvalue weighted by molar-refractivity contribution is 7.89. The molecule has 0 amide bonds. The monoisotopic (exact) mass is 317 g/mol. The first-order chi connectivity index (χ1) is 9.38. The van der Waals surface area contributed by atoms with Gasteiger partial charge in [0.2, 0.25) is 10.0 Å². The van der Waals surface area contributed by atoms with E-state index in [9.17, 15) is 12.8 Å². The molecule has 2 aromatic rings. The fraction of sp³-hybridized carbons (Fsp3) is 0.250. The van der Waals surface area contributed by atoms with Gasteiger partial charge < -0.3 is 4.57 Å². The molecule has 5 nitrogen and oxygen atoms in total. The van der Waals surface area contributed by atoms with Crippen LogP contribution >= 0.6 is 11.6 Å². The Hall–Kier alpha value is -1.44. The second kappa shape index (κ2) is 5.90. The van der Waals surface area contributed by atoms with Crippen molar-refractivity contribution in [2.75, 3.05) is 0 Å². The van der Waals surface area contributed by atoms with Crippen molar-refractivity contribution >= 4 is 21.6 Å². The SMILES string of the molecule is C[C@@H](Cn1ccnc1)NS(=O)(=O)c1ccc(F)c(Cl)c1. The molecular formula is C12H13ClFN3O2S. The number of hydrogen-bond acceptors (Lipinski definition) is 3. The highest BCUT2D eigenvalue weighted by atomic mass is 35.5. The van der Waals surface area contributed by atoms with E-state index in [4.69, 9.17) is 11.6 Å². The van der Waals surface area contributed by atoms with E-state index in [0.29, 0.717) is 6.54 Å². The lowest BCUT2D eigenvalue weighted by molar-refractivity contribution is 0.520. The molecule has 0 saturated heterocycles. The van der Waals surface area contributed by atoms with Gasteiger partial charge in [0, 0.05) is 25.0 Å². The molecule has 1 heterocycles. The summed E-state index contributed by atoms with van der Waals surface area (Å²) < 4.78 is 41.5. The summed E-state index contributed by atoms with van der Waals surface area (Å²) in [6.45, 7) is 2.16. The number of nitrogens with zero attached hydrogens (tertiary/aromatic N) is 2. The molecule has 20 heavy (non-hydrogen) atoms. The molecule has 2 rings (SSSR count). The highest BCUT2D eigenvalue weighted by Gasteiger charge is 2.18. The third kappa shape index (κ3) is 3.56. The summed E-state index contributed by atoms with van der Waals surface area (Å²) in [4.78, 5) is 3.81. The zero-order valence-corrected chi connectivity index (χ0v) is 12.2. The lowest BCUT2D eigenvalue weighted by Gasteiger charge is -2.15. The van der Waals surface area contributed by atoms with Crippen LogP contribution in [0.5, 0.6) is 0 Å². The van der Waals surface area contributed by atoms with Gasteiger partial charge in [-0.25, -0.2) is 22.5 Å². The molecule has 0 saturated carbocycles. The lowest BCUT2D eigenvalue weighted by atomic mass is 10.3. The maximum Gasteiger partial charge on any atom is 0.240 e. The van der Waals surface area contributed by atoms with Gasteiger partial charge in [-0.1, -0.05) is 11.6 Å². The Kier molecular flexibility index (Phi) is 4.42. The quantitative estimate of drug-likeness (QED) is 0.918. The van der Waals surface area contributed by atoms with Crippen molar-refractivity contribution in [2.45, 2.75) is 24.4 Å². The second-order valence-electron chi connectivity index (χ2n) is 4.36. The summed E-state index contributed by atoms with van der Waals surface area (Å²) in [5.41, 5.74) is 0. The van der Waals surface area contributed by atoms with E-state index in [1.807, 2.05) is 0 Å². The number of halogens is 2. The van der Waals surface area contributed by atoms with Gasteiger partial charge >= 0.3 is 0 Å². The molecule has 0 fully saturated rings. The van der Waals surface area contributed by atoms with E-state index < -0.39 is 15.8 Å². The number of imidazole rings is 1. The van der Waals surface area contributed by atoms with Crippen LogP contribution in [0.1, 0.15) is 6.92 Å². The molecule has 0 unspecified atom stereocenters. The Morgan fingerprint density at radius 1 is 1.50 bits per heavy atom. The standard InChI is InChI=1S/C12H13ClFN3O2S/c1-9(7-17-5-4-15-8-17)16-20(18,19)10-2-3-12(14)11(13)6-10/h2-6,8-9,16H,7H2,1H3/t9-/m0/s1. The van der Waals surface area contributed by atoms with Crippen LogP contribution in [0.15, 0.2) is 41.8 Å². The van der Waals surface area contributed by atoms with Crippen LogP contribution in [0.2, 0.25) is 5.02 Å². The molecule has 1 atom stereocenters. The van der Waals surface area contributed by atoms with E-state index in [0.717, 1.165) is 12.1 Å². The lowest BCUT2D eigenvalue weighted by Crippen LogP contribution is -2.35. The van der Waals surface area contributed by atoms with Crippen LogP contribution in [0.4, 0.5) is 4.39 Å². The van der Waals surface area contributed by atoms with Crippen LogP contribution in [0, 0.1) is 5.82 Å². The number of hydrogen-bond donors (Lipinski definition) is 1. The summed E-state index contributed by atoms with van der Waals surface area (Å²) in [7, 11) is -3.74. The van der Waals surface area contributed by atoms with Crippen molar-refractivity contribution in [3.63, 3.8) is 0 Å². The molecule has 1 N–H and O–H groups in total. The number of nitrogens with one attached hydrogen (secondary N) is 1. The minimum Gasteiger partial charge on any atom is -0.336 e. The number of rotatable bonds is 5. The van der Waals surface area contributed by atoms with Gasteiger partial charge in [-0.2, -0.15) is 0 Å². The first kappa shape index (κ1) is 15.0. The summed E-state index contributed by atoms with van der Waals surface area (Å²) in [5, 5.41) is -0.227. The Labute approximate surface area is 121 Å². The first-order valence-electron chi connectivity index (χ1n) is 5.81. The third-order valence-corrected chi connectivity index (χ3v) is 4.48. The molecule has 8 heteroatoms. The van der Waals surface area contributed by atoms with Crippen LogP contribution < -0.4 is 4.72 Å². The van der Waals surface area contributed by atoms with Gasteiger partial charge in [-0.15, -0.1) is 0 Å². The van der Waals surface area contributed by atoms with Crippen LogP contribution in [0.3, 0.4) is 0 Å². The molecule has 0 aliphatic heterocycles. The van der Waals surface area contributed by atoms with Gasteiger partial charge in [0.25, 0.3) is 0 Å². The molecule has 0 radical (unpaired) electrons. The molecule has 0 aliphatic carbocycles. The van der Waals surface area contributed by atoms with E-state index in [1.165, 1.54) is 6.07 Å². The Morgan fingerprint density at radius 3 is 2.85 bits per heavy atom. The summed E-state index contributed by atoms with van der Waals surface area (Å²) >= 11 is 5.59. The maximum atomic E-state index is 13.0. The minimum absolute atomic E-state index is 0.0682. The van der Waals surface area contributed by atoms with E-state index in [1.54, 1.807) is 30.2 Å². The van der Waals surface area contributed by atoms with Gasteiger partial charge in [0.15, 0.2) is 0 Å². The summed E-state index contributed by atoms with van der Waals surface area (Å²) in [6, 6.07) is 2.94. The highest BCUT2D eigenvalue weighted by Crippen LogP contribution is 2.19. The Morgan fingerprint density at radius 2 is 2.25 bits per heavy atom. The molecular weight excluding hydrogens is 305 g/mol. The number of sulfonamides is 1. The number of benzene rings is 1. The summed E-state index contributed by atoms with van der Waals surface area (Å²) in [6.07, 6.45) is 4.94. The van der Waals surface area contributed by atoms with Crippen LogP contribution in [-0.4, -0.2) is 24.0 Å². The predicted octanol–water partition coefficient (Wildman–Crippen LogP) is 2.04. The van der Waals surface area contributed by atoms with Crippen molar-refractivity contribution in [2.24, 2.45) is 0 Å². The van der Waals surface area contributed by atoms with Gasteiger partial charge in [0.1, 0.15) is 5.82 Å². The van der Waals surface area contributed by atoms with E-state index in [-0.39, 0.29) is 16.0 Å². The topological polar surface area (TPSA) is 64.0 Å². The fourth-order valence-corrected chi connectivity index (χ4v) is 3.23. The van der Waals surface area contributed by atoms with Crippen molar-refractivity contribution in [1.29, 1.82) is 0 Å². The van der Waals surface area contributed by atoms with Crippen molar-refractivity contribution < 1.29 is 12.8 Å². The van der Waals surface area contributed by atoms with Crippen LogP contribution in [-0.2, 0) is 16.6 Å². The second-order valence-corrected chi connectivity index (χ2v) is 6.48. The zero-order valence-electron chi connectivity index (χ0n) is 10.6. The molecule has 0 bridgehead atoms. The van der Waals surface area contributed by atoms with Crippen molar-refractivity contribution in [1.82, 2.24) is 14.3 Å². The molecule has 0 aliphatic rings. The average molecular weight is 318 g/mol. The average Bonchev–Trinajstić information content (AvgIpc) is 2.84. The Bertz CT molecular complexity index is 689. The Balaban J connectivity index is 2.12. The normalized spacial score (nSPS) is 13.3. The van der Waals surface area contributed by atoms with Crippen molar-refractivity contribution in [3.05, 3.63) is 47.8 Å².